The Kier molecular flexibility index (Phi) is 11.6. The van der Waals surface area contributed by atoms with Crippen LogP contribution in [0.2, 0.25) is 0 Å². The summed E-state index contributed by atoms with van der Waals surface area (Å²) in [5, 5.41) is 63.0. The van der Waals surface area contributed by atoms with E-state index < -0.39 is 97.5 Å². The number of aliphatic hydroxyl groups excluding tert-OH is 4. The van der Waals surface area contributed by atoms with E-state index in [1.807, 2.05) is 0 Å². The second-order valence-corrected chi connectivity index (χ2v) is 8.43. The average molecular weight is 507 g/mol. The van der Waals surface area contributed by atoms with Crippen LogP contribution in [-0.2, 0) is 28.7 Å². The lowest BCUT2D eigenvalue weighted by atomic mass is 9.81. The molecule has 0 radical (unpaired) electrons. The molecule has 10 N–H and O–H groups in total. The molecule has 35 heavy (non-hydrogen) atoms. The number of nitrogens with two attached hydrogens (primary N) is 1. The van der Waals surface area contributed by atoms with Gasteiger partial charge in [0.05, 0.1) is 31.2 Å². The van der Waals surface area contributed by atoms with E-state index in [9.17, 15) is 44.4 Å². The SMILES string of the molecule is CC(=O)NC1C(O)CC(CC(=O)NCCCC(N)C(=O)CC(=O)O)(C(=O)O)OC1C(O)C(O)CO. The van der Waals surface area contributed by atoms with Crippen LogP contribution in [0.5, 0.6) is 0 Å². The first-order chi connectivity index (χ1) is 16.2. The van der Waals surface area contributed by atoms with Gasteiger partial charge in [0.25, 0.3) is 0 Å². The van der Waals surface area contributed by atoms with Gasteiger partial charge in [-0.25, -0.2) is 4.79 Å². The Morgan fingerprint density at radius 1 is 1.17 bits per heavy atom. The molecule has 0 aromatic rings. The summed E-state index contributed by atoms with van der Waals surface area (Å²) in [7, 11) is 0. The largest absolute Gasteiger partial charge is 0.481 e. The molecule has 1 rings (SSSR count). The van der Waals surface area contributed by atoms with Crippen molar-refractivity contribution in [1.82, 2.24) is 10.6 Å². The van der Waals surface area contributed by atoms with Crippen LogP contribution in [0, 0.1) is 0 Å². The summed E-state index contributed by atoms with van der Waals surface area (Å²) in [6.45, 7) is 0.142. The quantitative estimate of drug-likeness (QED) is 0.0799. The zero-order valence-electron chi connectivity index (χ0n) is 19.1. The van der Waals surface area contributed by atoms with Crippen molar-refractivity contribution in [2.24, 2.45) is 5.73 Å². The number of carboxylic acids is 2. The molecule has 0 bridgehead atoms. The van der Waals surface area contributed by atoms with E-state index in [4.69, 9.17) is 20.7 Å². The number of Topliss-reactive ketones (excluding diaryl/α,β-unsaturated/α-hetero) is 1. The van der Waals surface area contributed by atoms with Gasteiger partial charge in [0.15, 0.2) is 11.4 Å². The van der Waals surface area contributed by atoms with Crippen LogP contribution in [0.3, 0.4) is 0 Å². The highest BCUT2D eigenvalue weighted by Crippen LogP contribution is 2.35. The second kappa shape index (κ2) is 13.4. The minimum absolute atomic E-state index is 0.0328. The molecule has 0 aliphatic carbocycles. The van der Waals surface area contributed by atoms with Gasteiger partial charge in [-0.3, -0.25) is 19.2 Å². The van der Waals surface area contributed by atoms with Crippen LogP contribution in [0.4, 0.5) is 0 Å². The smallest absolute Gasteiger partial charge is 0.336 e. The Bertz CT molecular complexity index is 793. The van der Waals surface area contributed by atoms with Crippen LogP contribution in [0.25, 0.3) is 0 Å². The lowest BCUT2D eigenvalue weighted by molar-refractivity contribution is -0.230. The first-order valence-corrected chi connectivity index (χ1v) is 10.8. The van der Waals surface area contributed by atoms with E-state index in [1.54, 1.807) is 0 Å². The number of ketones is 1. The van der Waals surface area contributed by atoms with E-state index >= 15 is 0 Å². The lowest BCUT2D eigenvalue weighted by Gasteiger charge is -2.46. The number of ether oxygens (including phenoxy) is 1. The molecule has 7 atom stereocenters. The van der Waals surface area contributed by atoms with Gasteiger partial charge in [0, 0.05) is 19.9 Å². The molecular formula is C20H33N3O12. The minimum Gasteiger partial charge on any atom is -0.481 e. The molecule has 1 aliphatic rings. The van der Waals surface area contributed by atoms with Crippen molar-refractivity contribution in [3.8, 4) is 0 Å². The summed E-state index contributed by atoms with van der Waals surface area (Å²) in [4.78, 5) is 58.1. The van der Waals surface area contributed by atoms with Gasteiger partial charge in [-0.2, -0.15) is 0 Å². The number of nitrogens with one attached hydrogen (secondary N) is 2. The molecular weight excluding hydrogens is 474 g/mol. The molecule has 200 valence electrons. The third kappa shape index (κ3) is 8.79. The summed E-state index contributed by atoms with van der Waals surface area (Å²) < 4.78 is 5.51. The van der Waals surface area contributed by atoms with Crippen LogP contribution in [0.15, 0.2) is 0 Å². The molecule has 2 amide bonds. The molecule has 7 unspecified atom stereocenters. The van der Waals surface area contributed by atoms with Crippen molar-refractivity contribution in [3.05, 3.63) is 0 Å². The van der Waals surface area contributed by atoms with Gasteiger partial charge >= 0.3 is 11.9 Å². The number of amides is 2. The van der Waals surface area contributed by atoms with E-state index in [0.29, 0.717) is 0 Å². The fourth-order valence-corrected chi connectivity index (χ4v) is 3.73. The third-order valence-corrected chi connectivity index (χ3v) is 5.55. The molecule has 0 spiro atoms. The molecule has 1 fully saturated rings. The van der Waals surface area contributed by atoms with Crippen LogP contribution in [0.1, 0.15) is 39.0 Å². The minimum atomic E-state index is -2.34. The summed E-state index contributed by atoms with van der Waals surface area (Å²) >= 11 is 0. The molecule has 0 aromatic heterocycles. The molecule has 0 aromatic carbocycles. The third-order valence-electron chi connectivity index (χ3n) is 5.55. The fourth-order valence-electron chi connectivity index (χ4n) is 3.73. The van der Waals surface area contributed by atoms with E-state index in [2.05, 4.69) is 10.6 Å². The molecule has 1 aliphatic heterocycles. The highest BCUT2D eigenvalue weighted by Gasteiger charge is 2.55. The van der Waals surface area contributed by atoms with Crippen molar-refractivity contribution >= 4 is 29.5 Å². The standard InChI is InChI=1S/C20H33N3O12/c1-9(25)23-16-12(27)6-20(19(33)34,35-18(16)17(32)13(28)8-24)7-14(29)22-4-2-3-10(21)11(26)5-15(30)31/h10,12-13,16-18,24,27-28,32H,2-8,21H2,1H3,(H,22,29)(H,23,25)(H,30,31)(H,33,34). The van der Waals surface area contributed by atoms with E-state index in [-0.39, 0.29) is 19.4 Å². The molecule has 1 heterocycles. The van der Waals surface area contributed by atoms with Crippen molar-refractivity contribution in [2.75, 3.05) is 13.2 Å². The van der Waals surface area contributed by atoms with E-state index in [0.717, 1.165) is 6.92 Å². The summed E-state index contributed by atoms with van der Waals surface area (Å²) in [6.07, 6.45) is -8.94. The Morgan fingerprint density at radius 2 is 1.80 bits per heavy atom. The van der Waals surface area contributed by atoms with Crippen LogP contribution < -0.4 is 16.4 Å². The Morgan fingerprint density at radius 3 is 2.31 bits per heavy atom. The van der Waals surface area contributed by atoms with Gasteiger partial charge in [0.2, 0.25) is 11.8 Å². The highest BCUT2D eigenvalue weighted by atomic mass is 16.6. The molecule has 0 saturated carbocycles. The molecule has 15 nitrogen and oxygen atoms in total. The number of rotatable bonds is 14. The maximum Gasteiger partial charge on any atom is 0.336 e. The monoisotopic (exact) mass is 507 g/mol. The van der Waals surface area contributed by atoms with Crippen LogP contribution >= 0.6 is 0 Å². The number of carboxylic acid groups (broad SMARTS) is 2. The second-order valence-electron chi connectivity index (χ2n) is 8.43. The van der Waals surface area contributed by atoms with Gasteiger partial charge < -0.3 is 51.7 Å². The Labute approximate surface area is 200 Å². The van der Waals surface area contributed by atoms with Crippen molar-refractivity contribution in [2.45, 2.75) is 81.1 Å². The van der Waals surface area contributed by atoms with Gasteiger partial charge in [-0.15, -0.1) is 0 Å². The Balaban J connectivity index is 2.88. The van der Waals surface area contributed by atoms with Gasteiger partial charge in [-0.05, 0) is 12.8 Å². The zero-order chi connectivity index (χ0) is 26.9. The summed E-state index contributed by atoms with van der Waals surface area (Å²) in [5.74, 6) is -5.11. The predicted molar refractivity (Wildman–Crippen MR) is 115 cm³/mol. The number of hydrogen-bond donors (Lipinski definition) is 9. The van der Waals surface area contributed by atoms with E-state index in [1.165, 1.54) is 0 Å². The van der Waals surface area contributed by atoms with Gasteiger partial charge in [0.1, 0.15) is 24.7 Å². The summed E-state index contributed by atoms with van der Waals surface area (Å²) in [6, 6.07) is -2.39. The Hall–Kier alpha value is -2.69. The average Bonchev–Trinajstić information content (AvgIpc) is 2.76. The van der Waals surface area contributed by atoms with Gasteiger partial charge in [-0.1, -0.05) is 0 Å². The summed E-state index contributed by atoms with van der Waals surface area (Å²) in [5.41, 5.74) is 3.25. The zero-order valence-corrected chi connectivity index (χ0v) is 19.1. The molecule has 15 heteroatoms. The first kappa shape index (κ1) is 30.3. The number of aliphatic hydroxyl groups is 4. The first-order valence-electron chi connectivity index (χ1n) is 10.8. The predicted octanol–water partition coefficient (Wildman–Crippen LogP) is -4.16. The number of aliphatic carboxylic acids is 2. The van der Waals surface area contributed by atoms with Crippen molar-refractivity contribution < 1.29 is 59.3 Å². The lowest BCUT2D eigenvalue weighted by Crippen LogP contribution is -2.67. The maximum absolute atomic E-state index is 12.4. The number of hydrogen-bond acceptors (Lipinski definition) is 11. The van der Waals surface area contributed by atoms with Crippen molar-refractivity contribution in [1.29, 1.82) is 0 Å². The molecule has 1 saturated heterocycles. The normalized spacial score (nSPS) is 26.7. The topological polar surface area (TPSA) is 266 Å². The maximum atomic E-state index is 12.4. The number of carbonyl (C=O) groups excluding carboxylic acids is 3. The highest BCUT2D eigenvalue weighted by molar-refractivity contribution is 5.97. The fraction of sp³-hybridized carbons (Fsp3) is 0.750. The number of carbonyl (C=O) groups is 5. The van der Waals surface area contributed by atoms with Crippen LogP contribution in [-0.4, -0.2) is 115 Å². The van der Waals surface area contributed by atoms with Crippen molar-refractivity contribution in [3.63, 3.8) is 0 Å².